The standard InChI is InChI=1S/C11H23N3O2/c1-5-11(4,7-12)9(16)14-10(2,3)6-8(13)15/h5-7,12H2,1-4H3,(H2,13,15)(H,14,16). The molecule has 5 N–H and O–H groups in total. The van der Waals surface area contributed by atoms with Crippen molar-refractivity contribution in [1.29, 1.82) is 0 Å². The molecule has 0 spiro atoms. The van der Waals surface area contributed by atoms with Crippen LogP contribution in [0.15, 0.2) is 0 Å². The number of carbonyl (C=O) groups is 2. The number of amides is 2. The third-order valence-corrected chi connectivity index (χ3v) is 2.85. The van der Waals surface area contributed by atoms with E-state index in [9.17, 15) is 9.59 Å². The minimum Gasteiger partial charge on any atom is -0.370 e. The molecule has 5 heteroatoms. The van der Waals surface area contributed by atoms with Gasteiger partial charge in [-0.1, -0.05) is 6.92 Å². The fourth-order valence-corrected chi connectivity index (χ4v) is 1.34. The Bertz CT molecular complexity index is 270. The van der Waals surface area contributed by atoms with E-state index in [4.69, 9.17) is 11.5 Å². The van der Waals surface area contributed by atoms with Gasteiger partial charge in [0.2, 0.25) is 11.8 Å². The van der Waals surface area contributed by atoms with Gasteiger partial charge in [0, 0.05) is 18.5 Å². The van der Waals surface area contributed by atoms with Crippen molar-refractivity contribution in [2.24, 2.45) is 16.9 Å². The SMILES string of the molecule is CCC(C)(CN)C(=O)NC(C)(C)CC(N)=O. The van der Waals surface area contributed by atoms with Crippen LogP contribution in [0.1, 0.15) is 40.5 Å². The summed E-state index contributed by atoms with van der Waals surface area (Å²) in [4.78, 5) is 22.8. The molecule has 1 atom stereocenters. The molecule has 0 saturated carbocycles. The predicted molar refractivity (Wildman–Crippen MR) is 63.5 cm³/mol. The van der Waals surface area contributed by atoms with Gasteiger partial charge in [-0.25, -0.2) is 0 Å². The molecule has 0 saturated heterocycles. The molecule has 5 nitrogen and oxygen atoms in total. The summed E-state index contributed by atoms with van der Waals surface area (Å²) in [6, 6.07) is 0. The van der Waals surface area contributed by atoms with Crippen LogP contribution in [0.3, 0.4) is 0 Å². The molecule has 0 aromatic rings. The summed E-state index contributed by atoms with van der Waals surface area (Å²) >= 11 is 0. The third-order valence-electron chi connectivity index (χ3n) is 2.85. The van der Waals surface area contributed by atoms with Gasteiger partial charge < -0.3 is 16.8 Å². The zero-order valence-electron chi connectivity index (χ0n) is 10.6. The first-order chi connectivity index (χ1) is 7.17. The van der Waals surface area contributed by atoms with E-state index >= 15 is 0 Å². The van der Waals surface area contributed by atoms with Crippen LogP contribution < -0.4 is 16.8 Å². The third kappa shape index (κ3) is 4.18. The van der Waals surface area contributed by atoms with Gasteiger partial charge in [0.05, 0.1) is 5.41 Å². The first-order valence-electron chi connectivity index (χ1n) is 5.48. The van der Waals surface area contributed by atoms with Crippen molar-refractivity contribution in [2.45, 2.75) is 46.1 Å². The monoisotopic (exact) mass is 229 g/mol. The maximum Gasteiger partial charge on any atom is 0.227 e. The molecule has 94 valence electrons. The predicted octanol–water partition coefficient (Wildman–Crippen LogP) is 0.132. The molecule has 0 aromatic heterocycles. The molecule has 0 rings (SSSR count). The summed E-state index contributed by atoms with van der Waals surface area (Å²) in [5, 5.41) is 2.81. The van der Waals surface area contributed by atoms with Gasteiger partial charge in [-0.05, 0) is 27.2 Å². The highest BCUT2D eigenvalue weighted by Crippen LogP contribution is 2.21. The van der Waals surface area contributed by atoms with E-state index in [1.807, 2.05) is 13.8 Å². The van der Waals surface area contributed by atoms with Crippen molar-refractivity contribution in [3.8, 4) is 0 Å². The topological polar surface area (TPSA) is 98.2 Å². The van der Waals surface area contributed by atoms with Gasteiger partial charge in [-0.3, -0.25) is 9.59 Å². The molecule has 0 aliphatic heterocycles. The highest BCUT2D eigenvalue weighted by Gasteiger charge is 2.33. The lowest BCUT2D eigenvalue weighted by molar-refractivity contribution is -0.132. The molecule has 0 aliphatic rings. The number of hydrogen-bond donors (Lipinski definition) is 3. The van der Waals surface area contributed by atoms with E-state index in [0.717, 1.165) is 0 Å². The zero-order chi connectivity index (χ0) is 13.0. The van der Waals surface area contributed by atoms with Gasteiger partial charge >= 0.3 is 0 Å². The molecular weight excluding hydrogens is 206 g/mol. The van der Waals surface area contributed by atoms with Gasteiger partial charge in [0.1, 0.15) is 0 Å². The second kappa shape index (κ2) is 5.30. The minimum absolute atomic E-state index is 0.114. The second-order valence-electron chi connectivity index (χ2n) is 5.10. The number of nitrogens with one attached hydrogen (secondary N) is 1. The molecule has 0 fully saturated rings. The Morgan fingerprint density at radius 2 is 1.75 bits per heavy atom. The van der Waals surface area contributed by atoms with Crippen molar-refractivity contribution in [3.63, 3.8) is 0 Å². The lowest BCUT2D eigenvalue weighted by Gasteiger charge is -2.32. The second-order valence-corrected chi connectivity index (χ2v) is 5.10. The first-order valence-corrected chi connectivity index (χ1v) is 5.48. The molecular formula is C11H23N3O2. The Labute approximate surface area is 96.9 Å². The normalized spacial score (nSPS) is 15.3. The van der Waals surface area contributed by atoms with Crippen LogP contribution in [0, 0.1) is 5.41 Å². The van der Waals surface area contributed by atoms with E-state index in [-0.39, 0.29) is 18.9 Å². The Morgan fingerprint density at radius 1 is 1.25 bits per heavy atom. The number of primary amides is 1. The maximum absolute atomic E-state index is 12.0. The summed E-state index contributed by atoms with van der Waals surface area (Å²) < 4.78 is 0. The fraction of sp³-hybridized carbons (Fsp3) is 0.818. The average molecular weight is 229 g/mol. The lowest BCUT2D eigenvalue weighted by Crippen LogP contribution is -2.53. The number of hydrogen-bond acceptors (Lipinski definition) is 3. The van der Waals surface area contributed by atoms with E-state index in [2.05, 4.69) is 5.32 Å². The summed E-state index contributed by atoms with van der Waals surface area (Å²) in [5.41, 5.74) is 9.48. The number of rotatable bonds is 6. The lowest BCUT2D eigenvalue weighted by atomic mass is 9.85. The molecule has 16 heavy (non-hydrogen) atoms. The molecule has 2 amide bonds. The summed E-state index contributed by atoms with van der Waals surface area (Å²) in [6.07, 6.45) is 0.769. The van der Waals surface area contributed by atoms with E-state index in [1.54, 1.807) is 13.8 Å². The van der Waals surface area contributed by atoms with Crippen molar-refractivity contribution in [3.05, 3.63) is 0 Å². The fourth-order valence-electron chi connectivity index (χ4n) is 1.34. The average Bonchev–Trinajstić information content (AvgIpc) is 2.13. The van der Waals surface area contributed by atoms with Crippen LogP contribution in [0.2, 0.25) is 0 Å². The molecule has 0 aromatic carbocycles. The van der Waals surface area contributed by atoms with Crippen molar-refractivity contribution in [1.82, 2.24) is 5.32 Å². The van der Waals surface area contributed by atoms with Gasteiger partial charge in [0.25, 0.3) is 0 Å². The van der Waals surface area contributed by atoms with E-state index in [1.165, 1.54) is 0 Å². The molecule has 0 bridgehead atoms. The molecule has 0 radical (unpaired) electrons. The van der Waals surface area contributed by atoms with Crippen LogP contribution in [-0.4, -0.2) is 23.9 Å². The van der Waals surface area contributed by atoms with Crippen LogP contribution in [-0.2, 0) is 9.59 Å². The quantitative estimate of drug-likeness (QED) is 0.604. The zero-order valence-corrected chi connectivity index (χ0v) is 10.6. The highest BCUT2D eigenvalue weighted by atomic mass is 16.2. The Kier molecular flexibility index (Phi) is 4.93. The first kappa shape index (κ1) is 14.9. The van der Waals surface area contributed by atoms with Crippen LogP contribution in [0.4, 0.5) is 0 Å². The van der Waals surface area contributed by atoms with Gasteiger partial charge in [-0.2, -0.15) is 0 Å². The summed E-state index contributed by atoms with van der Waals surface area (Å²) in [5.74, 6) is -0.569. The van der Waals surface area contributed by atoms with E-state index < -0.39 is 16.9 Å². The van der Waals surface area contributed by atoms with Crippen LogP contribution in [0.5, 0.6) is 0 Å². The Hall–Kier alpha value is -1.10. The maximum atomic E-state index is 12.0. The number of carbonyl (C=O) groups excluding carboxylic acids is 2. The smallest absolute Gasteiger partial charge is 0.227 e. The largest absolute Gasteiger partial charge is 0.370 e. The summed E-state index contributed by atoms with van der Waals surface area (Å²) in [6.45, 7) is 7.53. The van der Waals surface area contributed by atoms with Crippen LogP contribution >= 0.6 is 0 Å². The minimum atomic E-state index is -0.630. The van der Waals surface area contributed by atoms with Gasteiger partial charge in [-0.15, -0.1) is 0 Å². The summed E-state index contributed by atoms with van der Waals surface area (Å²) in [7, 11) is 0. The Morgan fingerprint density at radius 3 is 2.06 bits per heavy atom. The highest BCUT2D eigenvalue weighted by molar-refractivity contribution is 5.84. The van der Waals surface area contributed by atoms with Crippen LogP contribution in [0.25, 0.3) is 0 Å². The Balaban J connectivity index is 4.60. The van der Waals surface area contributed by atoms with E-state index in [0.29, 0.717) is 6.42 Å². The molecule has 0 heterocycles. The van der Waals surface area contributed by atoms with Crippen molar-refractivity contribution >= 4 is 11.8 Å². The molecule has 1 unspecified atom stereocenters. The van der Waals surface area contributed by atoms with Crippen molar-refractivity contribution < 1.29 is 9.59 Å². The van der Waals surface area contributed by atoms with Crippen molar-refractivity contribution in [2.75, 3.05) is 6.54 Å². The number of nitrogens with two attached hydrogens (primary N) is 2. The van der Waals surface area contributed by atoms with Gasteiger partial charge in [0.15, 0.2) is 0 Å². The molecule has 0 aliphatic carbocycles.